The van der Waals surface area contributed by atoms with Gasteiger partial charge in [-0.15, -0.1) is 0 Å². The number of aromatic nitrogens is 2. The summed E-state index contributed by atoms with van der Waals surface area (Å²) in [5, 5.41) is 8.90. The van der Waals surface area contributed by atoms with E-state index in [-0.39, 0.29) is 6.04 Å². The first-order chi connectivity index (χ1) is 9.52. The van der Waals surface area contributed by atoms with Gasteiger partial charge < -0.3 is 5.32 Å². The maximum absolute atomic E-state index is 6.01. The lowest BCUT2D eigenvalue weighted by Crippen LogP contribution is -2.19. The van der Waals surface area contributed by atoms with Crippen molar-refractivity contribution in [2.75, 3.05) is 0 Å². The fourth-order valence-electron chi connectivity index (χ4n) is 2.67. The van der Waals surface area contributed by atoms with Crippen molar-refractivity contribution in [2.45, 2.75) is 46.8 Å². The highest BCUT2D eigenvalue weighted by Gasteiger charge is 2.16. The molecule has 0 saturated carbocycles. The van der Waals surface area contributed by atoms with E-state index in [2.05, 4.69) is 48.9 Å². The van der Waals surface area contributed by atoms with Gasteiger partial charge >= 0.3 is 0 Å². The normalized spacial score (nSPS) is 12.7. The predicted octanol–water partition coefficient (Wildman–Crippen LogP) is 4.02. The first kappa shape index (κ1) is 15.1. The van der Waals surface area contributed by atoms with Gasteiger partial charge in [-0.2, -0.15) is 5.10 Å². The number of hydrogen-bond donors (Lipinski definition) is 1. The third kappa shape index (κ3) is 3.22. The molecule has 0 bridgehead atoms. The minimum Gasteiger partial charge on any atom is -0.306 e. The first-order valence-corrected chi connectivity index (χ1v) is 7.42. The number of aryl methyl sites for hydroxylation is 2. The highest BCUT2D eigenvalue weighted by atomic mass is 35.5. The van der Waals surface area contributed by atoms with Crippen molar-refractivity contribution in [3.05, 3.63) is 51.8 Å². The van der Waals surface area contributed by atoms with Gasteiger partial charge in [-0.05, 0) is 45.4 Å². The Balaban J connectivity index is 2.09. The summed E-state index contributed by atoms with van der Waals surface area (Å²) in [6.45, 7) is 10.2. The molecule has 1 atom stereocenters. The van der Waals surface area contributed by atoms with Gasteiger partial charge in [0.05, 0.1) is 5.69 Å². The van der Waals surface area contributed by atoms with Crippen LogP contribution < -0.4 is 5.32 Å². The smallest absolute Gasteiger partial charge is 0.0644 e. The second kappa shape index (κ2) is 6.42. The zero-order valence-electron chi connectivity index (χ0n) is 12.6. The fraction of sp³-hybridized carbons (Fsp3) is 0.438. The maximum Gasteiger partial charge on any atom is 0.0644 e. The monoisotopic (exact) mass is 291 g/mol. The van der Waals surface area contributed by atoms with Crippen LogP contribution in [0.4, 0.5) is 0 Å². The molecule has 0 aliphatic heterocycles. The van der Waals surface area contributed by atoms with Crippen LogP contribution >= 0.6 is 11.6 Å². The molecule has 1 aromatic heterocycles. The molecule has 0 aliphatic carbocycles. The molecular weight excluding hydrogens is 270 g/mol. The highest BCUT2D eigenvalue weighted by Crippen LogP contribution is 2.22. The fourth-order valence-corrected chi connectivity index (χ4v) is 2.88. The number of halogens is 1. The van der Waals surface area contributed by atoms with E-state index in [1.807, 2.05) is 18.2 Å². The van der Waals surface area contributed by atoms with Crippen molar-refractivity contribution in [3.8, 4) is 0 Å². The van der Waals surface area contributed by atoms with Gasteiger partial charge in [0.25, 0.3) is 0 Å². The van der Waals surface area contributed by atoms with Crippen molar-refractivity contribution in [3.63, 3.8) is 0 Å². The number of nitrogens with zero attached hydrogens (tertiary/aromatic N) is 2. The van der Waals surface area contributed by atoms with E-state index in [0.29, 0.717) is 0 Å². The van der Waals surface area contributed by atoms with E-state index in [0.717, 1.165) is 23.8 Å². The minimum absolute atomic E-state index is 0.272. The number of hydrogen-bond acceptors (Lipinski definition) is 2. The SMILES string of the molecule is CCn1nc(C)c(C(C)NCc2cccc(Cl)c2)c1C. The molecule has 108 valence electrons. The van der Waals surface area contributed by atoms with Crippen LogP contribution in [0.15, 0.2) is 24.3 Å². The average Bonchev–Trinajstić information content (AvgIpc) is 2.71. The van der Waals surface area contributed by atoms with Crippen molar-refractivity contribution < 1.29 is 0 Å². The van der Waals surface area contributed by atoms with E-state index in [4.69, 9.17) is 11.6 Å². The van der Waals surface area contributed by atoms with Crippen LogP contribution in [0, 0.1) is 13.8 Å². The number of benzene rings is 1. The molecule has 0 saturated heterocycles. The molecule has 1 aromatic carbocycles. The predicted molar refractivity (Wildman–Crippen MR) is 84.1 cm³/mol. The standard InChI is InChI=1S/C16H22ClN3/c1-5-20-13(4)16(12(3)19-20)11(2)18-10-14-7-6-8-15(17)9-14/h6-9,11,18H,5,10H2,1-4H3. The molecule has 2 rings (SSSR count). The largest absolute Gasteiger partial charge is 0.306 e. The molecule has 0 radical (unpaired) electrons. The Bertz CT molecular complexity index is 589. The zero-order valence-corrected chi connectivity index (χ0v) is 13.3. The van der Waals surface area contributed by atoms with Crippen LogP contribution in [0.3, 0.4) is 0 Å². The molecule has 0 aliphatic rings. The van der Waals surface area contributed by atoms with Crippen LogP contribution in [0.1, 0.15) is 42.4 Å². The summed E-state index contributed by atoms with van der Waals surface area (Å²) in [4.78, 5) is 0. The van der Waals surface area contributed by atoms with Crippen LogP contribution in [0.25, 0.3) is 0 Å². The Hall–Kier alpha value is -1.32. The lowest BCUT2D eigenvalue weighted by molar-refractivity contribution is 0.566. The quantitative estimate of drug-likeness (QED) is 0.901. The molecule has 0 spiro atoms. The minimum atomic E-state index is 0.272. The van der Waals surface area contributed by atoms with Gasteiger partial charge in [0.1, 0.15) is 0 Å². The van der Waals surface area contributed by atoms with Crippen molar-refractivity contribution >= 4 is 11.6 Å². The third-order valence-electron chi connectivity index (χ3n) is 3.67. The lowest BCUT2D eigenvalue weighted by Gasteiger charge is -2.15. The van der Waals surface area contributed by atoms with E-state index < -0.39 is 0 Å². The Morgan fingerprint density at radius 3 is 2.70 bits per heavy atom. The molecule has 1 heterocycles. The molecule has 0 amide bonds. The Morgan fingerprint density at radius 1 is 1.35 bits per heavy atom. The summed E-state index contributed by atoms with van der Waals surface area (Å²) >= 11 is 6.01. The summed E-state index contributed by atoms with van der Waals surface area (Å²) in [5.41, 5.74) is 4.85. The van der Waals surface area contributed by atoms with E-state index in [9.17, 15) is 0 Å². The molecule has 1 N–H and O–H groups in total. The average molecular weight is 292 g/mol. The second-order valence-electron chi connectivity index (χ2n) is 5.13. The molecule has 2 aromatic rings. The summed E-state index contributed by atoms with van der Waals surface area (Å²) in [6.07, 6.45) is 0. The Morgan fingerprint density at radius 2 is 2.10 bits per heavy atom. The number of nitrogens with one attached hydrogen (secondary N) is 1. The van der Waals surface area contributed by atoms with Gasteiger partial charge in [-0.1, -0.05) is 23.7 Å². The van der Waals surface area contributed by atoms with Crippen molar-refractivity contribution in [2.24, 2.45) is 0 Å². The highest BCUT2D eigenvalue weighted by molar-refractivity contribution is 6.30. The topological polar surface area (TPSA) is 29.9 Å². The Labute approximate surface area is 126 Å². The molecular formula is C16H22ClN3. The summed E-state index contributed by atoms with van der Waals surface area (Å²) in [7, 11) is 0. The van der Waals surface area contributed by atoms with Gasteiger partial charge in [-0.3, -0.25) is 4.68 Å². The third-order valence-corrected chi connectivity index (χ3v) is 3.91. The zero-order chi connectivity index (χ0) is 14.7. The van der Waals surface area contributed by atoms with Crippen LogP contribution in [0.5, 0.6) is 0 Å². The lowest BCUT2D eigenvalue weighted by atomic mass is 10.1. The molecule has 20 heavy (non-hydrogen) atoms. The van der Waals surface area contributed by atoms with Crippen LogP contribution in [-0.4, -0.2) is 9.78 Å². The van der Waals surface area contributed by atoms with Gasteiger partial charge in [-0.25, -0.2) is 0 Å². The van der Waals surface area contributed by atoms with Crippen molar-refractivity contribution in [1.82, 2.24) is 15.1 Å². The van der Waals surface area contributed by atoms with Crippen LogP contribution in [-0.2, 0) is 13.1 Å². The Kier molecular flexibility index (Phi) is 4.84. The maximum atomic E-state index is 6.01. The van der Waals surface area contributed by atoms with Gasteiger partial charge in [0.2, 0.25) is 0 Å². The molecule has 4 heteroatoms. The molecule has 0 fully saturated rings. The first-order valence-electron chi connectivity index (χ1n) is 7.04. The van der Waals surface area contributed by atoms with E-state index in [1.165, 1.54) is 16.8 Å². The van der Waals surface area contributed by atoms with E-state index >= 15 is 0 Å². The van der Waals surface area contributed by atoms with E-state index in [1.54, 1.807) is 0 Å². The van der Waals surface area contributed by atoms with Crippen LogP contribution in [0.2, 0.25) is 5.02 Å². The van der Waals surface area contributed by atoms with Gasteiger partial charge in [0.15, 0.2) is 0 Å². The number of rotatable bonds is 5. The van der Waals surface area contributed by atoms with Crippen molar-refractivity contribution in [1.29, 1.82) is 0 Å². The summed E-state index contributed by atoms with van der Waals surface area (Å²) in [5.74, 6) is 0. The molecule has 1 unspecified atom stereocenters. The second-order valence-corrected chi connectivity index (χ2v) is 5.57. The molecule has 3 nitrogen and oxygen atoms in total. The summed E-state index contributed by atoms with van der Waals surface area (Å²) in [6, 6.07) is 8.23. The summed E-state index contributed by atoms with van der Waals surface area (Å²) < 4.78 is 2.06. The van der Waals surface area contributed by atoms with Gasteiger partial charge in [0, 0.05) is 35.4 Å².